The number of carbonyl (C=O) groups excluding carboxylic acids is 1. The van der Waals surface area contributed by atoms with Crippen LogP contribution in [0.4, 0.5) is 0 Å². The third kappa shape index (κ3) is 5.10. The summed E-state index contributed by atoms with van der Waals surface area (Å²) in [6.45, 7) is 6.13. The van der Waals surface area contributed by atoms with Gasteiger partial charge in [0, 0.05) is 11.6 Å². The summed E-state index contributed by atoms with van der Waals surface area (Å²) in [5.74, 6) is 0.857. The molecule has 118 valence electrons. The summed E-state index contributed by atoms with van der Waals surface area (Å²) < 4.78 is 10.9. The molecule has 0 aromatic heterocycles. The van der Waals surface area contributed by atoms with E-state index in [0.717, 1.165) is 0 Å². The summed E-state index contributed by atoms with van der Waals surface area (Å²) in [7, 11) is 1.49. The zero-order chi connectivity index (χ0) is 16.0. The number of aliphatic hydroxyl groups is 1. The molecule has 2 N–H and O–H groups in total. The van der Waals surface area contributed by atoms with Gasteiger partial charge in [-0.2, -0.15) is 0 Å². The second-order valence-electron chi connectivity index (χ2n) is 5.25. The molecular formula is C15H22ClNO4. The minimum atomic E-state index is -0.334. The number of hydrogen-bond acceptors (Lipinski definition) is 4. The largest absolute Gasteiger partial charge is 0.493 e. The van der Waals surface area contributed by atoms with Crippen LogP contribution in [0.2, 0.25) is 5.02 Å². The highest BCUT2D eigenvalue weighted by atomic mass is 35.5. The van der Waals surface area contributed by atoms with E-state index in [1.165, 1.54) is 13.2 Å². The normalized spacial score (nSPS) is 12.1. The van der Waals surface area contributed by atoms with Crippen molar-refractivity contribution in [2.75, 3.05) is 20.3 Å². The summed E-state index contributed by atoms with van der Waals surface area (Å²) in [6.07, 6.45) is 0. The molecule has 1 atom stereocenters. The van der Waals surface area contributed by atoms with Crippen LogP contribution < -0.4 is 14.8 Å². The monoisotopic (exact) mass is 315 g/mol. The summed E-state index contributed by atoms with van der Waals surface area (Å²) in [5, 5.41) is 11.9. The van der Waals surface area contributed by atoms with Gasteiger partial charge in [-0.3, -0.25) is 4.79 Å². The SMILES string of the molecule is COc1cc(C(=O)NC(C)CO)cc(Cl)c1OCC(C)C. The minimum Gasteiger partial charge on any atom is -0.493 e. The molecule has 0 radical (unpaired) electrons. The van der Waals surface area contributed by atoms with Gasteiger partial charge in [0.2, 0.25) is 0 Å². The number of amides is 1. The quantitative estimate of drug-likeness (QED) is 0.811. The Morgan fingerprint density at radius 1 is 1.38 bits per heavy atom. The lowest BCUT2D eigenvalue weighted by molar-refractivity contribution is 0.0922. The summed E-state index contributed by atoms with van der Waals surface area (Å²) >= 11 is 6.18. The van der Waals surface area contributed by atoms with Crippen LogP contribution in [0, 0.1) is 5.92 Å². The number of halogens is 1. The lowest BCUT2D eigenvalue weighted by atomic mass is 10.1. The highest BCUT2D eigenvalue weighted by molar-refractivity contribution is 6.32. The molecule has 21 heavy (non-hydrogen) atoms. The van der Waals surface area contributed by atoms with E-state index in [2.05, 4.69) is 5.32 Å². The Kier molecular flexibility index (Phi) is 6.78. The van der Waals surface area contributed by atoms with Crippen LogP contribution in [0.15, 0.2) is 12.1 Å². The fourth-order valence-corrected chi connectivity index (χ4v) is 1.86. The molecule has 0 fully saturated rings. The fraction of sp³-hybridized carbons (Fsp3) is 0.533. The third-order valence-electron chi connectivity index (χ3n) is 2.70. The van der Waals surface area contributed by atoms with Gasteiger partial charge in [0.05, 0.1) is 25.3 Å². The molecule has 0 bridgehead atoms. The van der Waals surface area contributed by atoms with Crippen LogP contribution in [0.25, 0.3) is 0 Å². The first-order chi connectivity index (χ1) is 9.88. The van der Waals surface area contributed by atoms with E-state index in [4.69, 9.17) is 26.2 Å². The molecule has 1 aromatic carbocycles. The molecule has 6 heteroatoms. The number of hydrogen-bond donors (Lipinski definition) is 2. The lowest BCUT2D eigenvalue weighted by Crippen LogP contribution is -2.35. The van der Waals surface area contributed by atoms with Gasteiger partial charge in [0.25, 0.3) is 5.91 Å². The topological polar surface area (TPSA) is 67.8 Å². The Balaban J connectivity index is 3.00. The van der Waals surface area contributed by atoms with Crippen LogP contribution in [0.5, 0.6) is 11.5 Å². The van der Waals surface area contributed by atoms with Gasteiger partial charge in [-0.25, -0.2) is 0 Å². The van der Waals surface area contributed by atoms with Crippen molar-refractivity contribution in [2.24, 2.45) is 5.92 Å². The zero-order valence-corrected chi connectivity index (χ0v) is 13.5. The number of methoxy groups -OCH3 is 1. The fourth-order valence-electron chi connectivity index (χ4n) is 1.59. The van der Waals surface area contributed by atoms with E-state index in [9.17, 15) is 4.79 Å². The molecule has 0 aliphatic rings. The highest BCUT2D eigenvalue weighted by Crippen LogP contribution is 2.36. The highest BCUT2D eigenvalue weighted by Gasteiger charge is 2.17. The van der Waals surface area contributed by atoms with E-state index >= 15 is 0 Å². The number of nitrogens with one attached hydrogen (secondary N) is 1. The van der Waals surface area contributed by atoms with Crippen LogP contribution >= 0.6 is 11.6 Å². The van der Waals surface area contributed by atoms with Crippen LogP contribution in [0.3, 0.4) is 0 Å². The first-order valence-electron chi connectivity index (χ1n) is 6.81. The number of aliphatic hydroxyl groups excluding tert-OH is 1. The van der Waals surface area contributed by atoms with E-state index in [-0.39, 0.29) is 18.6 Å². The van der Waals surface area contributed by atoms with Crippen molar-refractivity contribution in [3.8, 4) is 11.5 Å². The standard InChI is InChI=1S/C15H22ClNO4/c1-9(2)8-21-14-12(16)5-11(6-13(14)20-4)15(19)17-10(3)7-18/h5-6,9-10,18H,7-8H2,1-4H3,(H,17,19). The predicted octanol–water partition coefficient (Wildman–Crippen LogP) is 2.49. The maximum Gasteiger partial charge on any atom is 0.251 e. The molecule has 1 unspecified atom stereocenters. The van der Waals surface area contributed by atoms with E-state index in [1.807, 2.05) is 13.8 Å². The van der Waals surface area contributed by atoms with Crippen LogP contribution in [0.1, 0.15) is 31.1 Å². The molecule has 1 amide bonds. The molecule has 0 aliphatic carbocycles. The Morgan fingerprint density at radius 3 is 2.57 bits per heavy atom. The Hall–Kier alpha value is -1.46. The second kappa shape index (κ2) is 8.10. The lowest BCUT2D eigenvalue weighted by Gasteiger charge is -2.16. The molecule has 1 aromatic rings. The molecule has 0 spiro atoms. The van der Waals surface area contributed by atoms with Crippen molar-refractivity contribution >= 4 is 17.5 Å². The maximum atomic E-state index is 12.0. The van der Waals surface area contributed by atoms with Gasteiger partial charge >= 0.3 is 0 Å². The van der Waals surface area contributed by atoms with Crippen LogP contribution in [-0.4, -0.2) is 37.4 Å². The molecule has 0 aliphatic heterocycles. The van der Waals surface area contributed by atoms with Crippen LogP contribution in [-0.2, 0) is 0 Å². The van der Waals surface area contributed by atoms with Crippen molar-refractivity contribution in [1.82, 2.24) is 5.32 Å². The molecule has 1 rings (SSSR count). The summed E-state index contributed by atoms with van der Waals surface area (Å²) in [5.41, 5.74) is 0.356. The average molecular weight is 316 g/mol. The summed E-state index contributed by atoms with van der Waals surface area (Å²) in [6, 6.07) is 2.76. The number of rotatable bonds is 7. The third-order valence-corrected chi connectivity index (χ3v) is 2.98. The molecule has 0 heterocycles. The smallest absolute Gasteiger partial charge is 0.251 e. The number of benzene rings is 1. The van der Waals surface area contributed by atoms with E-state index in [1.54, 1.807) is 13.0 Å². The predicted molar refractivity (Wildman–Crippen MR) is 82.4 cm³/mol. The van der Waals surface area contributed by atoms with Crippen molar-refractivity contribution in [2.45, 2.75) is 26.8 Å². The van der Waals surface area contributed by atoms with Crippen molar-refractivity contribution in [1.29, 1.82) is 0 Å². The van der Waals surface area contributed by atoms with Crippen molar-refractivity contribution in [3.05, 3.63) is 22.7 Å². The Bertz CT molecular complexity index is 491. The zero-order valence-electron chi connectivity index (χ0n) is 12.8. The number of carbonyl (C=O) groups is 1. The summed E-state index contributed by atoms with van der Waals surface area (Å²) in [4.78, 5) is 12.0. The first-order valence-corrected chi connectivity index (χ1v) is 7.18. The molecule has 0 saturated carbocycles. The number of ether oxygens (including phenoxy) is 2. The Labute approximate surface area is 130 Å². The van der Waals surface area contributed by atoms with Gasteiger partial charge in [-0.05, 0) is 25.0 Å². The van der Waals surface area contributed by atoms with Crippen molar-refractivity contribution in [3.63, 3.8) is 0 Å². The van der Waals surface area contributed by atoms with Gasteiger partial charge in [0.1, 0.15) is 0 Å². The van der Waals surface area contributed by atoms with E-state index in [0.29, 0.717) is 34.6 Å². The average Bonchev–Trinajstić information content (AvgIpc) is 2.44. The van der Waals surface area contributed by atoms with E-state index < -0.39 is 0 Å². The first kappa shape index (κ1) is 17.6. The van der Waals surface area contributed by atoms with Gasteiger partial charge in [0.15, 0.2) is 11.5 Å². The Morgan fingerprint density at radius 2 is 2.05 bits per heavy atom. The van der Waals surface area contributed by atoms with Crippen molar-refractivity contribution < 1.29 is 19.4 Å². The second-order valence-corrected chi connectivity index (χ2v) is 5.66. The molecular weight excluding hydrogens is 294 g/mol. The molecule has 0 saturated heterocycles. The van der Waals surface area contributed by atoms with Gasteiger partial charge < -0.3 is 19.9 Å². The minimum absolute atomic E-state index is 0.133. The van der Waals surface area contributed by atoms with Gasteiger partial charge in [-0.15, -0.1) is 0 Å². The molecule has 5 nitrogen and oxygen atoms in total. The van der Waals surface area contributed by atoms with Gasteiger partial charge in [-0.1, -0.05) is 25.4 Å². The maximum absolute atomic E-state index is 12.0.